The zero-order valence-corrected chi connectivity index (χ0v) is 17.3. The van der Waals surface area contributed by atoms with Crippen molar-refractivity contribution in [3.05, 3.63) is 40.5 Å². The van der Waals surface area contributed by atoms with Gasteiger partial charge in [-0.15, -0.1) is 0 Å². The standard InChI is InChI=1S/C23H28N2O4/c1-13(2)7-10-25(3)11-9-22-18-14-4-5-15(21(24)27)19(18)29-20(22)16(26)6-8-23(22,28)17(25)12-14/h4-5,7,17,20,28H,6,8-12H2,1-3H3,(H-,24,27)/p+1. The van der Waals surface area contributed by atoms with Gasteiger partial charge in [-0.05, 0) is 38.0 Å². The molecule has 1 amide bonds. The third-order valence-electron chi connectivity index (χ3n) is 8.11. The predicted octanol–water partition coefficient (Wildman–Crippen LogP) is 1.62. The number of nitrogens with two attached hydrogens (primary N) is 1. The molecule has 3 N–H and O–H groups in total. The van der Waals surface area contributed by atoms with Crippen LogP contribution in [-0.2, 0) is 16.6 Å². The normalized spacial score (nSPS) is 38.8. The van der Waals surface area contributed by atoms with Gasteiger partial charge in [-0.1, -0.05) is 11.6 Å². The Morgan fingerprint density at radius 3 is 2.83 bits per heavy atom. The van der Waals surface area contributed by atoms with E-state index in [0.29, 0.717) is 37.0 Å². The Hall–Kier alpha value is -2.18. The van der Waals surface area contributed by atoms with Crippen LogP contribution >= 0.6 is 0 Å². The second-order valence-electron chi connectivity index (χ2n) is 9.84. The van der Waals surface area contributed by atoms with Crippen molar-refractivity contribution in [2.75, 3.05) is 20.1 Å². The summed E-state index contributed by atoms with van der Waals surface area (Å²) in [7, 11) is 2.22. The minimum Gasteiger partial charge on any atom is -0.480 e. The highest BCUT2D eigenvalue weighted by molar-refractivity contribution is 5.98. The maximum Gasteiger partial charge on any atom is 0.252 e. The van der Waals surface area contributed by atoms with E-state index in [1.54, 1.807) is 6.07 Å². The van der Waals surface area contributed by atoms with E-state index in [-0.39, 0.29) is 11.8 Å². The number of primary amides is 1. The van der Waals surface area contributed by atoms with Gasteiger partial charge in [0, 0.05) is 24.8 Å². The Bertz CT molecular complexity index is 981. The number of rotatable bonds is 3. The van der Waals surface area contributed by atoms with Crippen LogP contribution in [0, 0.1) is 0 Å². The number of carbonyl (C=O) groups is 2. The van der Waals surface area contributed by atoms with Crippen LogP contribution in [0.5, 0.6) is 5.75 Å². The molecule has 5 rings (SSSR count). The van der Waals surface area contributed by atoms with Crippen LogP contribution in [0.15, 0.2) is 23.8 Å². The van der Waals surface area contributed by atoms with Gasteiger partial charge in [0.15, 0.2) is 11.9 Å². The first kappa shape index (κ1) is 18.8. The van der Waals surface area contributed by atoms with Crippen LogP contribution in [-0.4, -0.2) is 59.2 Å². The molecule has 0 radical (unpaired) electrons. The van der Waals surface area contributed by atoms with Gasteiger partial charge in [0.2, 0.25) is 0 Å². The number of Topliss-reactive ketones (excluding diaryl/α,β-unsaturated/α-hetero) is 1. The molecule has 6 heteroatoms. The number of quaternary nitrogens is 1. The lowest BCUT2D eigenvalue weighted by atomic mass is 9.48. The number of hydrogen-bond acceptors (Lipinski definition) is 4. The number of likely N-dealkylation sites (N-methyl/N-ethyl adjacent to an activating group) is 1. The topological polar surface area (TPSA) is 89.6 Å². The van der Waals surface area contributed by atoms with Crippen LogP contribution in [0.3, 0.4) is 0 Å². The lowest BCUT2D eigenvalue weighted by Gasteiger charge is -2.64. The van der Waals surface area contributed by atoms with Crippen molar-refractivity contribution < 1.29 is 23.9 Å². The summed E-state index contributed by atoms with van der Waals surface area (Å²) in [5, 5.41) is 12.3. The molecule has 2 aliphatic carbocycles. The summed E-state index contributed by atoms with van der Waals surface area (Å²) < 4.78 is 6.93. The molecular formula is C23H29N2O4+. The third-order valence-corrected chi connectivity index (χ3v) is 8.11. The first-order chi connectivity index (χ1) is 13.6. The van der Waals surface area contributed by atoms with Gasteiger partial charge < -0.3 is 20.1 Å². The Balaban J connectivity index is 1.75. The quantitative estimate of drug-likeness (QED) is 0.599. The smallest absolute Gasteiger partial charge is 0.252 e. The minimum absolute atomic E-state index is 0.0216. The number of allylic oxidation sites excluding steroid dienone is 1. The number of likely N-dealkylation sites (tertiary alicyclic amines) is 1. The molecule has 5 atom stereocenters. The second kappa shape index (κ2) is 5.70. The largest absolute Gasteiger partial charge is 0.480 e. The number of nitrogens with zero attached hydrogens (tertiary/aromatic N) is 1. The summed E-state index contributed by atoms with van der Waals surface area (Å²) in [6.45, 7) is 5.90. The van der Waals surface area contributed by atoms with Gasteiger partial charge in [-0.25, -0.2) is 0 Å². The summed E-state index contributed by atoms with van der Waals surface area (Å²) in [4.78, 5) is 25.0. The Morgan fingerprint density at radius 1 is 1.38 bits per heavy atom. The van der Waals surface area contributed by atoms with Crippen LogP contribution in [0.2, 0.25) is 0 Å². The van der Waals surface area contributed by atoms with Crippen LogP contribution in [0.4, 0.5) is 0 Å². The molecule has 29 heavy (non-hydrogen) atoms. The van der Waals surface area contributed by atoms with Crippen LogP contribution in [0.1, 0.15) is 54.6 Å². The Kier molecular flexibility index (Phi) is 3.70. The van der Waals surface area contributed by atoms with Crippen LogP contribution < -0.4 is 10.5 Å². The van der Waals surface area contributed by atoms with Crippen molar-refractivity contribution in [1.29, 1.82) is 0 Å². The van der Waals surface area contributed by atoms with Gasteiger partial charge in [0.1, 0.15) is 17.4 Å². The number of ketones is 1. The lowest BCUT2D eigenvalue weighted by molar-refractivity contribution is -0.944. The highest BCUT2D eigenvalue weighted by Gasteiger charge is 2.76. The SMILES string of the molecule is CC(C)=CC[N+]1(C)CCC23c4c5ccc(C(N)=O)c4OC2C(=O)CCC3(O)C1C5. The van der Waals surface area contributed by atoms with Gasteiger partial charge in [-0.2, -0.15) is 0 Å². The minimum atomic E-state index is -1.04. The lowest BCUT2D eigenvalue weighted by Crippen LogP contribution is -2.80. The number of ether oxygens (including phenoxy) is 1. The second-order valence-corrected chi connectivity index (χ2v) is 9.84. The zero-order valence-electron chi connectivity index (χ0n) is 17.3. The van der Waals surface area contributed by atoms with E-state index < -0.39 is 23.0 Å². The number of hydrogen-bond donors (Lipinski definition) is 2. The molecule has 2 aliphatic heterocycles. The molecule has 1 saturated carbocycles. The molecular weight excluding hydrogens is 368 g/mol. The highest BCUT2D eigenvalue weighted by atomic mass is 16.5. The van der Waals surface area contributed by atoms with E-state index in [2.05, 4.69) is 27.0 Å². The molecule has 6 nitrogen and oxygen atoms in total. The molecule has 4 aliphatic rings. The summed E-state index contributed by atoms with van der Waals surface area (Å²) in [6, 6.07) is 3.65. The van der Waals surface area contributed by atoms with Gasteiger partial charge in [-0.3, -0.25) is 9.59 Å². The fraction of sp³-hybridized carbons (Fsp3) is 0.565. The highest BCUT2D eigenvalue weighted by Crippen LogP contribution is 2.64. The third kappa shape index (κ3) is 2.14. The van der Waals surface area contributed by atoms with Crippen LogP contribution in [0.25, 0.3) is 0 Å². The first-order valence-corrected chi connectivity index (χ1v) is 10.5. The molecule has 1 saturated heterocycles. The summed E-state index contributed by atoms with van der Waals surface area (Å²) >= 11 is 0. The zero-order chi connectivity index (χ0) is 20.8. The first-order valence-electron chi connectivity index (χ1n) is 10.5. The van der Waals surface area contributed by atoms with E-state index >= 15 is 0 Å². The molecule has 1 spiro atoms. The number of aliphatic hydroxyl groups is 1. The molecule has 2 bridgehead atoms. The van der Waals surface area contributed by atoms with Crippen molar-refractivity contribution in [2.45, 2.75) is 62.7 Å². The molecule has 2 fully saturated rings. The number of piperidine rings is 1. The monoisotopic (exact) mass is 397 g/mol. The van der Waals surface area contributed by atoms with E-state index in [9.17, 15) is 14.7 Å². The summed E-state index contributed by atoms with van der Waals surface area (Å²) in [5.41, 5.74) is 7.33. The molecule has 154 valence electrons. The average Bonchev–Trinajstić information content (AvgIpc) is 3.02. The van der Waals surface area contributed by atoms with Gasteiger partial charge in [0.25, 0.3) is 5.91 Å². The fourth-order valence-electron chi connectivity index (χ4n) is 6.65. The summed E-state index contributed by atoms with van der Waals surface area (Å²) in [6.07, 6.45) is 3.63. The Morgan fingerprint density at radius 2 is 2.14 bits per heavy atom. The van der Waals surface area contributed by atoms with Crippen molar-refractivity contribution in [3.8, 4) is 5.75 Å². The molecule has 1 aromatic carbocycles. The predicted molar refractivity (Wildman–Crippen MR) is 108 cm³/mol. The Labute approximate surface area is 170 Å². The van der Waals surface area contributed by atoms with Gasteiger partial charge in [0.05, 0.1) is 31.1 Å². The molecule has 2 heterocycles. The maximum absolute atomic E-state index is 13.0. The van der Waals surface area contributed by atoms with Crippen molar-refractivity contribution >= 4 is 11.7 Å². The van der Waals surface area contributed by atoms with E-state index in [1.165, 1.54) is 5.57 Å². The van der Waals surface area contributed by atoms with E-state index in [0.717, 1.165) is 28.7 Å². The number of benzene rings is 1. The molecule has 0 aromatic heterocycles. The van der Waals surface area contributed by atoms with Gasteiger partial charge >= 0.3 is 0 Å². The fourth-order valence-corrected chi connectivity index (χ4v) is 6.65. The van der Waals surface area contributed by atoms with Crippen molar-refractivity contribution in [2.24, 2.45) is 5.73 Å². The summed E-state index contributed by atoms with van der Waals surface area (Å²) in [5.74, 6) is -0.100. The molecule has 1 aromatic rings. The van der Waals surface area contributed by atoms with Crippen molar-refractivity contribution in [1.82, 2.24) is 0 Å². The molecule has 5 unspecified atom stereocenters. The number of carbonyl (C=O) groups excluding carboxylic acids is 2. The van der Waals surface area contributed by atoms with E-state index in [1.807, 2.05) is 6.07 Å². The average molecular weight is 397 g/mol. The maximum atomic E-state index is 13.0. The van der Waals surface area contributed by atoms with Crippen molar-refractivity contribution in [3.63, 3.8) is 0 Å². The van der Waals surface area contributed by atoms with E-state index in [4.69, 9.17) is 10.5 Å². The number of amides is 1.